The van der Waals surface area contributed by atoms with E-state index in [0.29, 0.717) is 12.0 Å². The molecular weight excluding hydrogens is 386 g/mol. The van der Waals surface area contributed by atoms with Gasteiger partial charge in [-0.15, -0.1) is 0 Å². The zero-order chi connectivity index (χ0) is 21.3. The van der Waals surface area contributed by atoms with Crippen molar-refractivity contribution in [1.29, 1.82) is 0 Å². The molecule has 156 valence electrons. The molecule has 9 nitrogen and oxygen atoms in total. The van der Waals surface area contributed by atoms with Crippen LogP contribution in [0.15, 0.2) is 23.1 Å². The van der Waals surface area contributed by atoms with Crippen molar-refractivity contribution in [1.82, 2.24) is 15.4 Å². The Morgan fingerprint density at radius 3 is 2.50 bits per heavy atom. The Hall–Kier alpha value is -2.46. The van der Waals surface area contributed by atoms with Gasteiger partial charge in [0.25, 0.3) is 5.91 Å². The molecule has 1 aromatic carbocycles. The lowest BCUT2D eigenvalue weighted by Gasteiger charge is -2.12. The summed E-state index contributed by atoms with van der Waals surface area (Å²) in [6, 6.07) is 4.29. The lowest BCUT2D eigenvalue weighted by molar-refractivity contribution is -0.148. The van der Waals surface area contributed by atoms with Crippen LogP contribution in [0, 0.1) is 13.8 Å². The predicted octanol–water partition coefficient (Wildman–Crippen LogP) is 1.14. The van der Waals surface area contributed by atoms with Crippen LogP contribution in [0.25, 0.3) is 0 Å². The number of rotatable bonds is 9. The summed E-state index contributed by atoms with van der Waals surface area (Å²) in [6.45, 7) is 6.32. The minimum atomic E-state index is -3.76. The van der Waals surface area contributed by atoms with E-state index in [9.17, 15) is 22.8 Å². The summed E-state index contributed by atoms with van der Waals surface area (Å²) in [4.78, 5) is 34.8. The van der Waals surface area contributed by atoms with Gasteiger partial charge in [-0.2, -0.15) is 0 Å². The highest BCUT2D eigenvalue weighted by atomic mass is 32.2. The van der Waals surface area contributed by atoms with Gasteiger partial charge in [0.15, 0.2) is 6.61 Å². The van der Waals surface area contributed by atoms with E-state index >= 15 is 0 Å². The van der Waals surface area contributed by atoms with Crippen molar-refractivity contribution in [3.8, 4) is 0 Å². The third kappa shape index (κ3) is 8.05. The average Bonchev–Trinajstić information content (AvgIpc) is 2.61. The Balaban J connectivity index is 2.39. The van der Waals surface area contributed by atoms with Crippen LogP contribution in [-0.4, -0.2) is 45.5 Å². The largest absolute Gasteiger partial charge is 0.456 e. The van der Waals surface area contributed by atoms with Gasteiger partial charge in [-0.3, -0.25) is 14.9 Å². The molecular formula is C18H27N3O6S. The molecule has 28 heavy (non-hydrogen) atoms. The van der Waals surface area contributed by atoms with Gasteiger partial charge in [-0.1, -0.05) is 19.1 Å². The first-order valence-electron chi connectivity index (χ1n) is 8.88. The normalized spacial score (nSPS) is 12.1. The SMILES string of the molecule is CC[C@H](C)NC(=O)NC(=O)COC(=O)CCNS(=O)(=O)c1cc(C)ccc1C. The van der Waals surface area contributed by atoms with Crippen LogP contribution in [0.5, 0.6) is 0 Å². The molecule has 0 bridgehead atoms. The molecule has 10 heteroatoms. The van der Waals surface area contributed by atoms with Crippen LogP contribution in [0.2, 0.25) is 0 Å². The molecule has 0 radical (unpaired) electrons. The van der Waals surface area contributed by atoms with E-state index in [1.54, 1.807) is 39.0 Å². The van der Waals surface area contributed by atoms with Gasteiger partial charge in [0.05, 0.1) is 11.3 Å². The highest BCUT2D eigenvalue weighted by molar-refractivity contribution is 7.89. The van der Waals surface area contributed by atoms with Crippen molar-refractivity contribution in [2.45, 2.75) is 51.5 Å². The number of esters is 1. The monoisotopic (exact) mass is 413 g/mol. The van der Waals surface area contributed by atoms with Crippen molar-refractivity contribution < 1.29 is 27.5 Å². The smallest absolute Gasteiger partial charge is 0.321 e. The number of urea groups is 1. The number of imide groups is 1. The van der Waals surface area contributed by atoms with E-state index in [4.69, 9.17) is 4.74 Å². The fourth-order valence-electron chi connectivity index (χ4n) is 2.10. The van der Waals surface area contributed by atoms with Crippen molar-refractivity contribution in [3.63, 3.8) is 0 Å². The van der Waals surface area contributed by atoms with Gasteiger partial charge in [-0.25, -0.2) is 17.9 Å². The first kappa shape index (κ1) is 23.6. The first-order valence-corrected chi connectivity index (χ1v) is 10.4. The molecule has 1 atom stereocenters. The van der Waals surface area contributed by atoms with Gasteiger partial charge in [0, 0.05) is 12.6 Å². The van der Waals surface area contributed by atoms with Crippen molar-refractivity contribution in [2.75, 3.05) is 13.2 Å². The zero-order valence-electron chi connectivity index (χ0n) is 16.5. The number of carbonyl (C=O) groups excluding carboxylic acids is 3. The maximum atomic E-state index is 12.3. The van der Waals surface area contributed by atoms with Crippen molar-refractivity contribution in [3.05, 3.63) is 29.3 Å². The van der Waals surface area contributed by atoms with Crippen LogP contribution in [-0.2, 0) is 24.3 Å². The summed E-state index contributed by atoms with van der Waals surface area (Å²) >= 11 is 0. The molecule has 0 aliphatic heterocycles. The summed E-state index contributed by atoms with van der Waals surface area (Å²) in [7, 11) is -3.76. The minimum absolute atomic E-state index is 0.0968. The second-order valence-electron chi connectivity index (χ2n) is 6.41. The van der Waals surface area contributed by atoms with E-state index in [1.807, 2.05) is 12.2 Å². The van der Waals surface area contributed by atoms with Crippen LogP contribution in [0.3, 0.4) is 0 Å². The van der Waals surface area contributed by atoms with E-state index in [0.717, 1.165) is 5.56 Å². The lowest BCUT2D eigenvalue weighted by atomic mass is 10.2. The summed E-state index contributed by atoms with van der Waals surface area (Å²) in [5, 5.41) is 4.57. The second-order valence-corrected chi connectivity index (χ2v) is 8.14. The number of carbonyl (C=O) groups is 3. The van der Waals surface area contributed by atoms with Gasteiger partial charge in [0.2, 0.25) is 10.0 Å². The molecule has 3 amide bonds. The van der Waals surface area contributed by atoms with Gasteiger partial charge >= 0.3 is 12.0 Å². The number of amides is 3. The number of hydrogen-bond acceptors (Lipinski definition) is 6. The average molecular weight is 413 g/mol. The zero-order valence-corrected chi connectivity index (χ0v) is 17.3. The molecule has 0 fully saturated rings. The molecule has 0 heterocycles. The molecule has 0 aliphatic rings. The molecule has 0 saturated heterocycles. The van der Waals surface area contributed by atoms with Gasteiger partial charge in [0.1, 0.15) is 0 Å². The molecule has 0 aromatic heterocycles. The molecule has 3 N–H and O–H groups in total. The Bertz CT molecular complexity index is 823. The number of sulfonamides is 1. The van der Waals surface area contributed by atoms with Crippen LogP contribution >= 0.6 is 0 Å². The molecule has 0 saturated carbocycles. The highest BCUT2D eigenvalue weighted by Crippen LogP contribution is 2.16. The summed E-state index contributed by atoms with van der Waals surface area (Å²) in [5.41, 5.74) is 1.39. The van der Waals surface area contributed by atoms with E-state index in [1.165, 1.54) is 0 Å². The highest BCUT2D eigenvalue weighted by Gasteiger charge is 2.18. The third-order valence-corrected chi connectivity index (χ3v) is 5.46. The number of aryl methyl sites for hydroxylation is 2. The predicted molar refractivity (Wildman–Crippen MR) is 103 cm³/mol. The van der Waals surface area contributed by atoms with Gasteiger partial charge < -0.3 is 10.1 Å². The minimum Gasteiger partial charge on any atom is -0.456 e. The molecule has 0 unspecified atom stereocenters. The first-order chi connectivity index (χ1) is 13.0. The summed E-state index contributed by atoms with van der Waals surface area (Å²) < 4.78 is 31.7. The molecule has 1 aromatic rings. The Morgan fingerprint density at radius 1 is 1.18 bits per heavy atom. The van der Waals surface area contributed by atoms with Gasteiger partial charge in [-0.05, 0) is 44.4 Å². The van der Waals surface area contributed by atoms with Crippen molar-refractivity contribution >= 4 is 27.9 Å². The Labute approximate surface area is 165 Å². The lowest BCUT2D eigenvalue weighted by Crippen LogP contribution is -2.44. The second kappa shape index (κ2) is 10.8. The van der Waals surface area contributed by atoms with Crippen LogP contribution in [0.1, 0.15) is 37.8 Å². The number of ether oxygens (including phenoxy) is 1. The fourth-order valence-corrected chi connectivity index (χ4v) is 3.46. The Kier molecular flexibility index (Phi) is 9.07. The summed E-state index contributed by atoms with van der Waals surface area (Å²) in [5.74, 6) is -1.54. The maximum absolute atomic E-state index is 12.3. The number of hydrogen-bond donors (Lipinski definition) is 3. The number of benzene rings is 1. The Morgan fingerprint density at radius 2 is 1.86 bits per heavy atom. The summed E-state index contributed by atoms with van der Waals surface area (Å²) in [6.07, 6.45) is 0.449. The topological polar surface area (TPSA) is 131 Å². The van der Waals surface area contributed by atoms with Crippen molar-refractivity contribution in [2.24, 2.45) is 0 Å². The molecule has 0 aliphatic carbocycles. The molecule has 0 spiro atoms. The quantitative estimate of drug-likeness (QED) is 0.520. The maximum Gasteiger partial charge on any atom is 0.321 e. The molecule has 1 rings (SSSR count). The third-order valence-electron chi connectivity index (χ3n) is 3.86. The van der Waals surface area contributed by atoms with Crippen LogP contribution < -0.4 is 15.4 Å². The fraction of sp³-hybridized carbons (Fsp3) is 0.500. The number of nitrogens with one attached hydrogen (secondary N) is 3. The standard InChI is InChI=1S/C18H27N3O6S/c1-5-14(4)20-18(24)21-16(22)11-27-17(23)8-9-19-28(25,26)15-10-12(2)6-7-13(15)3/h6-7,10,14,19H,5,8-9,11H2,1-4H3,(H2,20,21,22,24)/t14-/m0/s1. The van der Waals surface area contributed by atoms with E-state index in [2.05, 4.69) is 10.0 Å². The van der Waals surface area contributed by atoms with Crippen LogP contribution in [0.4, 0.5) is 4.79 Å². The van der Waals surface area contributed by atoms with E-state index < -0.39 is 34.5 Å². The van der Waals surface area contributed by atoms with E-state index in [-0.39, 0.29) is 23.9 Å².